The first-order valence-corrected chi connectivity index (χ1v) is 7.51. The molecule has 3 nitrogen and oxygen atoms in total. The van der Waals surface area contributed by atoms with Gasteiger partial charge in [0.1, 0.15) is 5.69 Å². The van der Waals surface area contributed by atoms with Crippen LogP contribution in [0.3, 0.4) is 0 Å². The number of amides is 2. The summed E-state index contributed by atoms with van der Waals surface area (Å²) in [7, 11) is 0. The molecule has 100 valence electrons. The number of hydrogen-bond donors (Lipinski definition) is 0. The number of nitrogens with zero attached hydrogens (tertiary/aromatic N) is 1. The maximum atomic E-state index is 14.3. The third kappa shape index (κ3) is 1.89. The molecular weight excluding hydrogens is 440 g/mol. The summed E-state index contributed by atoms with van der Waals surface area (Å²) in [5, 5.41) is 0. The third-order valence-electron chi connectivity index (χ3n) is 3.04. The molecule has 2 aromatic carbocycles. The first-order chi connectivity index (χ1) is 9.52. The molecule has 0 spiro atoms. The molecule has 0 unspecified atom stereocenters. The van der Waals surface area contributed by atoms with Crippen LogP contribution in [0.25, 0.3) is 0 Å². The lowest BCUT2D eigenvalue weighted by Crippen LogP contribution is -2.31. The van der Waals surface area contributed by atoms with Crippen LogP contribution in [0.1, 0.15) is 20.7 Å². The van der Waals surface area contributed by atoms with Crippen molar-refractivity contribution in [2.24, 2.45) is 0 Å². The van der Waals surface area contributed by atoms with Gasteiger partial charge in [0.05, 0.1) is 15.6 Å². The Labute approximate surface area is 136 Å². The zero-order valence-corrected chi connectivity index (χ0v) is 13.6. The van der Waals surface area contributed by atoms with Gasteiger partial charge in [-0.25, -0.2) is 9.29 Å². The number of fused-ring (bicyclic) bond motifs is 1. The molecule has 1 heterocycles. The minimum Gasteiger partial charge on any atom is -0.268 e. The van der Waals surface area contributed by atoms with Gasteiger partial charge in [-0.2, -0.15) is 0 Å². The average Bonchev–Trinajstić information content (AvgIpc) is 2.69. The molecule has 1 aliphatic heterocycles. The summed E-state index contributed by atoms with van der Waals surface area (Å²) in [5.74, 6) is -1.62. The van der Waals surface area contributed by atoms with E-state index in [1.165, 1.54) is 0 Å². The molecule has 3 rings (SSSR count). The van der Waals surface area contributed by atoms with Gasteiger partial charge in [-0.3, -0.25) is 9.59 Å². The fraction of sp³-hybridized carbons (Fsp3) is 0. The molecule has 0 fully saturated rings. The molecule has 0 atom stereocenters. The molecule has 6 heteroatoms. The van der Waals surface area contributed by atoms with Crippen molar-refractivity contribution in [1.82, 2.24) is 0 Å². The van der Waals surface area contributed by atoms with Crippen molar-refractivity contribution in [3.8, 4) is 0 Å². The summed E-state index contributed by atoms with van der Waals surface area (Å²) in [4.78, 5) is 25.6. The summed E-state index contributed by atoms with van der Waals surface area (Å²) in [6.07, 6.45) is 0. The fourth-order valence-corrected chi connectivity index (χ4v) is 3.09. The van der Waals surface area contributed by atoms with Gasteiger partial charge in [-0.1, -0.05) is 12.1 Å². The molecule has 0 aliphatic carbocycles. The lowest BCUT2D eigenvalue weighted by Gasteiger charge is -2.17. The van der Waals surface area contributed by atoms with Crippen molar-refractivity contribution >= 4 is 56.0 Å². The molecule has 1 aliphatic rings. The Hall–Kier alpha value is -1.28. The van der Waals surface area contributed by atoms with E-state index in [0.717, 1.165) is 4.90 Å². The number of imide groups is 1. The highest BCUT2D eigenvalue weighted by atomic mass is 127. The van der Waals surface area contributed by atoms with Crippen molar-refractivity contribution in [2.45, 2.75) is 0 Å². The predicted octanol–water partition coefficient (Wildman–Crippen LogP) is 3.99. The quantitative estimate of drug-likeness (QED) is 0.378. The van der Waals surface area contributed by atoms with Gasteiger partial charge in [0.2, 0.25) is 0 Å². The van der Waals surface area contributed by atoms with Crippen LogP contribution < -0.4 is 4.90 Å². The van der Waals surface area contributed by atoms with Crippen LogP contribution in [-0.2, 0) is 0 Å². The Bertz CT molecular complexity index is 728. The molecule has 0 radical (unpaired) electrons. The van der Waals surface area contributed by atoms with Gasteiger partial charge in [0, 0.05) is 3.57 Å². The molecule has 0 saturated heterocycles. The largest absolute Gasteiger partial charge is 0.268 e. The highest BCUT2D eigenvalue weighted by molar-refractivity contribution is 14.1. The smallest absolute Gasteiger partial charge is 0.266 e. The van der Waals surface area contributed by atoms with E-state index in [-0.39, 0.29) is 10.2 Å². The molecule has 2 aromatic rings. The average molecular weight is 446 g/mol. The monoisotopic (exact) mass is 445 g/mol. The molecule has 0 bridgehead atoms. The number of hydrogen-bond acceptors (Lipinski definition) is 2. The molecule has 20 heavy (non-hydrogen) atoms. The van der Waals surface area contributed by atoms with E-state index in [0.29, 0.717) is 14.7 Å². The van der Waals surface area contributed by atoms with E-state index >= 15 is 0 Å². The number of carbonyl (C=O) groups excluding carboxylic acids is 2. The molecule has 0 aromatic heterocycles. The first-order valence-electron chi connectivity index (χ1n) is 5.63. The van der Waals surface area contributed by atoms with E-state index in [2.05, 4.69) is 15.9 Å². The zero-order chi connectivity index (χ0) is 14.4. The maximum Gasteiger partial charge on any atom is 0.266 e. The second kappa shape index (κ2) is 4.92. The van der Waals surface area contributed by atoms with Gasteiger partial charge >= 0.3 is 0 Å². The van der Waals surface area contributed by atoms with Crippen LogP contribution >= 0.6 is 38.5 Å². The summed E-state index contributed by atoms with van der Waals surface area (Å²) < 4.78 is 15.0. The first kappa shape index (κ1) is 13.7. The minimum absolute atomic E-state index is 0.00817. The maximum absolute atomic E-state index is 14.3. The number of rotatable bonds is 1. The van der Waals surface area contributed by atoms with Gasteiger partial charge < -0.3 is 0 Å². The Morgan fingerprint density at radius 2 is 1.55 bits per heavy atom. The third-order valence-corrected chi connectivity index (χ3v) is 4.52. The summed E-state index contributed by atoms with van der Waals surface area (Å²) in [6.45, 7) is 0. The van der Waals surface area contributed by atoms with E-state index in [4.69, 9.17) is 0 Å². The Morgan fingerprint density at radius 3 is 2.10 bits per heavy atom. The SMILES string of the molecule is O=C1c2ccccc2C(=O)N1c1c(I)ccc(Br)c1F. The van der Waals surface area contributed by atoms with Crippen LogP contribution in [-0.4, -0.2) is 11.8 Å². The Balaban J connectivity index is 2.22. The molecule has 0 saturated carbocycles. The van der Waals surface area contributed by atoms with Crippen molar-refractivity contribution in [3.05, 3.63) is 61.4 Å². The number of halogens is 3. The number of carbonyl (C=O) groups is 2. The normalized spacial score (nSPS) is 13.8. The number of anilines is 1. The summed E-state index contributed by atoms with van der Waals surface area (Å²) in [5.41, 5.74) is 0.589. The van der Waals surface area contributed by atoms with Crippen LogP contribution in [0.4, 0.5) is 10.1 Å². The van der Waals surface area contributed by atoms with E-state index in [1.54, 1.807) is 36.4 Å². The second-order valence-electron chi connectivity index (χ2n) is 4.18. The van der Waals surface area contributed by atoms with Crippen molar-refractivity contribution in [2.75, 3.05) is 4.90 Å². The van der Waals surface area contributed by atoms with Gasteiger partial charge in [-0.05, 0) is 62.8 Å². The van der Waals surface area contributed by atoms with Crippen LogP contribution in [0.5, 0.6) is 0 Å². The highest BCUT2D eigenvalue weighted by Gasteiger charge is 2.38. The van der Waals surface area contributed by atoms with Crippen molar-refractivity contribution in [1.29, 1.82) is 0 Å². The van der Waals surface area contributed by atoms with E-state index in [9.17, 15) is 14.0 Å². The summed E-state index contributed by atoms with van der Waals surface area (Å²) >= 11 is 4.98. The topological polar surface area (TPSA) is 37.4 Å². The van der Waals surface area contributed by atoms with Gasteiger partial charge in [0.25, 0.3) is 11.8 Å². The van der Waals surface area contributed by atoms with E-state index in [1.807, 2.05) is 22.6 Å². The van der Waals surface area contributed by atoms with E-state index < -0.39 is 17.6 Å². The van der Waals surface area contributed by atoms with Gasteiger partial charge in [0.15, 0.2) is 5.82 Å². The van der Waals surface area contributed by atoms with Crippen molar-refractivity contribution < 1.29 is 14.0 Å². The van der Waals surface area contributed by atoms with Gasteiger partial charge in [-0.15, -0.1) is 0 Å². The van der Waals surface area contributed by atoms with Crippen LogP contribution in [0.2, 0.25) is 0 Å². The lowest BCUT2D eigenvalue weighted by atomic mass is 10.1. The lowest BCUT2D eigenvalue weighted by molar-refractivity contribution is 0.0924. The van der Waals surface area contributed by atoms with Crippen LogP contribution in [0.15, 0.2) is 40.9 Å². The molecule has 0 N–H and O–H groups in total. The zero-order valence-electron chi connectivity index (χ0n) is 9.86. The highest BCUT2D eigenvalue weighted by Crippen LogP contribution is 2.36. The molecule has 2 amide bonds. The Kier molecular flexibility index (Phi) is 3.37. The standard InChI is InChI=1S/C14H6BrFINO2/c15-9-5-6-10(17)12(11(9)16)18-13(19)7-3-1-2-4-8(7)14(18)20/h1-6H. The number of benzene rings is 2. The molecular formula is C14H6BrFINO2. The predicted molar refractivity (Wildman–Crippen MR) is 84.4 cm³/mol. The Morgan fingerprint density at radius 1 is 1.00 bits per heavy atom. The van der Waals surface area contributed by atoms with Crippen molar-refractivity contribution in [3.63, 3.8) is 0 Å². The summed E-state index contributed by atoms with van der Waals surface area (Å²) in [6, 6.07) is 9.67. The minimum atomic E-state index is -0.619. The second-order valence-corrected chi connectivity index (χ2v) is 6.20. The fourth-order valence-electron chi connectivity index (χ4n) is 2.11. The van der Waals surface area contributed by atoms with Crippen LogP contribution in [0, 0.1) is 9.39 Å².